The van der Waals surface area contributed by atoms with E-state index in [1.54, 1.807) is 12.1 Å². The fourth-order valence-corrected chi connectivity index (χ4v) is 1.16. The lowest BCUT2D eigenvalue weighted by Crippen LogP contribution is -2.32. The van der Waals surface area contributed by atoms with Gasteiger partial charge in [0.1, 0.15) is 0 Å². The highest BCUT2D eigenvalue weighted by Gasteiger charge is 2.05. The van der Waals surface area contributed by atoms with E-state index in [2.05, 4.69) is 5.32 Å². The molecule has 5 nitrogen and oxygen atoms in total. The Kier molecular flexibility index (Phi) is 4.20. The Labute approximate surface area is 88.4 Å². The first kappa shape index (κ1) is 11.6. The van der Waals surface area contributed by atoms with E-state index < -0.39 is 4.92 Å². The van der Waals surface area contributed by atoms with E-state index in [0.717, 1.165) is 5.56 Å². The topological polar surface area (TPSA) is 81.2 Å². The standard InChI is InChI=1S/C10H15N3O2/c1-8(6-11)12-7-9-3-2-4-10(5-9)13(14)15/h2-5,8,12H,6-7,11H2,1H3. The van der Waals surface area contributed by atoms with Crippen molar-refractivity contribution in [1.29, 1.82) is 0 Å². The second-order valence-corrected chi connectivity index (χ2v) is 3.44. The third-order valence-corrected chi connectivity index (χ3v) is 2.13. The van der Waals surface area contributed by atoms with Crippen LogP contribution in [-0.2, 0) is 6.54 Å². The van der Waals surface area contributed by atoms with Crippen molar-refractivity contribution in [2.24, 2.45) is 5.73 Å². The average Bonchev–Trinajstić information content (AvgIpc) is 2.26. The monoisotopic (exact) mass is 209 g/mol. The molecule has 0 aromatic heterocycles. The molecule has 0 fully saturated rings. The Hall–Kier alpha value is -1.46. The average molecular weight is 209 g/mol. The van der Waals surface area contributed by atoms with E-state index in [9.17, 15) is 10.1 Å². The van der Waals surface area contributed by atoms with Gasteiger partial charge in [-0.05, 0) is 12.5 Å². The summed E-state index contributed by atoms with van der Waals surface area (Å²) in [4.78, 5) is 10.1. The van der Waals surface area contributed by atoms with E-state index in [-0.39, 0.29) is 11.7 Å². The van der Waals surface area contributed by atoms with Crippen LogP contribution >= 0.6 is 0 Å². The minimum absolute atomic E-state index is 0.120. The molecule has 0 aliphatic carbocycles. The highest BCUT2D eigenvalue weighted by molar-refractivity contribution is 5.34. The third kappa shape index (κ3) is 3.65. The number of non-ortho nitro benzene ring substituents is 1. The van der Waals surface area contributed by atoms with Crippen molar-refractivity contribution in [3.05, 3.63) is 39.9 Å². The number of hydrogen-bond donors (Lipinski definition) is 2. The van der Waals surface area contributed by atoms with Gasteiger partial charge in [0.15, 0.2) is 0 Å². The molecule has 0 radical (unpaired) electrons. The molecule has 82 valence electrons. The van der Waals surface area contributed by atoms with Gasteiger partial charge in [-0.1, -0.05) is 12.1 Å². The fraction of sp³-hybridized carbons (Fsp3) is 0.400. The summed E-state index contributed by atoms with van der Waals surface area (Å²) in [6, 6.07) is 6.79. The summed E-state index contributed by atoms with van der Waals surface area (Å²) in [5, 5.41) is 13.7. The van der Waals surface area contributed by atoms with Crippen molar-refractivity contribution in [3.63, 3.8) is 0 Å². The van der Waals surface area contributed by atoms with Gasteiger partial charge in [0.05, 0.1) is 4.92 Å². The van der Waals surface area contributed by atoms with Crippen LogP contribution in [0.2, 0.25) is 0 Å². The maximum Gasteiger partial charge on any atom is 0.269 e. The SMILES string of the molecule is CC(CN)NCc1cccc([N+](=O)[O-])c1. The summed E-state index contributed by atoms with van der Waals surface area (Å²) in [6.07, 6.45) is 0. The van der Waals surface area contributed by atoms with Gasteiger partial charge in [0.2, 0.25) is 0 Å². The van der Waals surface area contributed by atoms with Crippen LogP contribution < -0.4 is 11.1 Å². The van der Waals surface area contributed by atoms with Gasteiger partial charge >= 0.3 is 0 Å². The molecule has 0 aliphatic heterocycles. The lowest BCUT2D eigenvalue weighted by atomic mass is 10.2. The zero-order valence-electron chi connectivity index (χ0n) is 8.64. The fourth-order valence-electron chi connectivity index (χ4n) is 1.16. The maximum atomic E-state index is 10.5. The van der Waals surface area contributed by atoms with Gasteiger partial charge < -0.3 is 11.1 Å². The van der Waals surface area contributed by atoms with Crippen LogP contribution in [0.15, 0.2) is 24.3 Å². The summed E-state index contributed by atoms with van der Waals surface area (Å²) in [5.41, 5.74) is 6.46. The minimum Gasteiger partial charge on any atom is -0.329 e. The molecule has 0 aliphatic rings. The van der Waals surface area contributed by atoms with Gasteiger partial charge in [-0.15, -0.1) is 0 Å². The Balaban J connectivity index is 2.62. The Bertz CT molecular complexity index is 341. The number of nitrogens with two attached hydrogens (primary N) is 1. The van der Waals surface area contributed by atoms with E-state index in [1.165, 1.54) is 6.07 Å². The number of nitrogens with one attached hydrogen (secondary N) is 1. The minimum atomic E-state index is -0.393. The van der Waals surface area contributed by atoms with E-state index in [0.29, 0.717) is 13.1 Å². The van der Waals surface area contributed by atoms with Crippen molar-refractivity contribution in [2.45, 2.75) is 19.5 Å². The smallest absolute Gasteiger partial charge is 0.269 e. The van der Waals surface area contributed by atoms with Crippen LogP contribution in [0.5, 0.6) is 0 Å². The number of rotatable bonds is 5. The van der Waals surface area contributed by atoms with Gasteiger partial charge in [0, 0.05) is 31.3 Å². The van der Waals surface area contributed by atoms with E-state index >= 15 is 0 Å². The zero-order valence-corrected chi connectivity index (χ0v) is 8.64. The first-order valence-corrected chi connectivity index (χ1v) is 4.80. The molecule has 0 saturated carbocycles. The van der Waals surface area contributed by atoms with Gasteiger partial charge in [-0.3, -0.25) is 10.1 Å². The Morgan fingerprint density at radius 3 is 2.93 bits per heavy atom. The predicted molar refractivity (Wildman–Crippen MR) is 58.5 cm³/mol. The van der Waals surface area contributed by atoms with E-state index in [1.807, 2.05) is 13.0 Å². The molecule has 0 saturated heterocycles. The second-order valence-electron chi connectivity index (χ2n) is 3.44. The molecular formula is C10H15N3O2. The van der Waals surface area contributed by atoms with Crippen LogP contribution in [0, 0.1) is 10.1 Å². The van der Waals surface area contributed by atoms with Crippen LogP contribution in [-0.4, -0.2) is 17.5 Å². The predicted octanol–water partition coefficient (Wildman–Crippen LogP) is 1.03. The van der Waals surface area contributed by atoms with Crippen molar-refractivity contribution >= 4 is 5.69 Å². The Morgan fingerprint density at radius 2 is 2.33 bits per heavy atom. The number of nitro groups is 1. The third-order valence-electron chi connectivity index (χ3n) is 2.13. The van der Waals surface area contributed by atoms with E-state index in [4.69, 9.17) is 5.73 Å². The first-order chi connectivity index (χ1) is 7.13. The normalized spacial score (nSPS) is 12.4. The molecule has 1 aromatic rings. The number of hydrogen-bond acceptors (Lipinski definition) is 4. The largest absolute Gasteiger partial charge is 0.329 e. The second kappa shape index (κ2) is 5.43. The summed E-state index contributed by atoms with van der Waals surface area (Å²) in [7, 11) is 0. The van der Waals surface area contributed by atoms with Gasteiger partial charge in [-0.2, -0.15) is 0 Å². The van der Waals surface area contributed by atoms with Crippen molar-refractivity contribution < 1.29 is 4.92 Å². The molecule has 1 aromatic carbocycles. The molecule has 1 unspecified atom stereocenters. The van der Waals surface area contributed by atoms with Gasteiger partial charge in [0.25, 0.3) is 5.69 Å². The van der Waals surface area contributed by atoms with Crippen molar-refractivity contribution in [2.75, 3.05) is 6.54 Å². The van der Waals surface area contributed by atoms with Crippen molar-refractivity contribution in [1.82, 2.24) is 5.32 Å². The van der Waals surface area contributed by atoms with Crippen LogP contribution in [0.4, 0.5) is 5.69 Å². The summed E-state index contributed by atoms with van der Waals surface area (Å²) < 4.78 is 0. The number of nitro benzene ring substituents is 1. The molecule has 0 amide bonds. The van der Waals surface area contributed by atoms with Crippen molar-refractivity contribution in [3.8, 4) is 0 Å². The summed E-state index contributed by atoms with van der Waals surface area (Å²) in [6.45, 7) is 3.12. The molecule has 1 atom stereocenters. The highest BCUT2D eigenvalue weighted by atomic mass is 16.6. The zero-order chi connectivity index (χ0) is 11.3. The highest BCUT2D eigenvalue weighted by Crippen LogP contribution is 2.12. The molecular weight excluding hydrogens is 194 g/mol. The molecule has 0 heterocycles. The Morgan fingerprint density at radius 1 is 1.60 bits per heavy atom. The quantitative estimate of drug-likeness (QED) is 0.560. The first-order valence-electron chi connectivity index (χ1n) is 4.80. The molecule has 3 N–H and O–H groups in total. The summed E-state index contributed by atoms with van der Waals surface area (Å²) in [5.74, 6) is 0. The van der Waals surface area contributed by atoms with Gasteiger partial charge in [-0.25, -0.2) is 0 Å². The lowest BCUT2D eigenvalue weighted by molar-refractivity contribution is -0.384. The number of benzene rings is 1. The van der Waals surface area contributed by atoms with Crippen LogP contribution in [0.1, 0.15) is 12.5 Å². The molecule has 5 heteroatoms. The molecule has 0 spiro atoms. The maximum absolute atomic E-state index is 10.5. The molecule has 1 rings (SSSR count). The molecule has 15 heavy (non-hydrogen) atoms. The molecule has 0 bridgehead atoms. The lowest BCUT2D eigenvalue weighted by Gasteiger charge is -2.10. The van der Waals surface area contributed by atoms with Crippen LogP contribution in [0.25, 0.3) is 0 Å². The number of nitrogens with zero attached hydrogens (tertiary/aromatic N) is 1. The van der Waals surface area contributed by atoms with Crippen LogP contribution in [0.3, 0.4) is 0 Å². The summed E-state index contributed by atoms with van der Waals surface area (Å²) >= 11 is 0.